The summed E-state index contributed by atoms with van der Waals surface area (Å²) in [7, 11) is 4.39. The van der Waals surface area contributed by atoms with Gasteiger partial charge in [-0.3, -0.25) is 4.90 Å². The molecular weight excluding hydrogens is 272 g/mol. The Labute approximate surface area is 134 Å². The number of hydrogen-bond acceptors (Lipinski definition) is 4. The number of nitrogens with zero attached hydrogens (tertiary/aromatic N) is 3. The number of likely N-dealkylation sites (N-methyl/N-ethyl adjacent to an activating group) is 1. The van der Waals surface area contributed by atoms with E-state index in [4.69, 9.17) is 5.73 Å². The van der Waals surface area contributed by atoms with Crippen LogP contribution in [0.4, 0.5) is 0 Å². The van der Waals surface area contributed by atoms with Crippen LogP contribution in [0, 0.1) is 0 Å². The maximum atomic E-state index is 6.72. The average molecular weight is 302 g/mol. The summed E-state index contributed by atoms with van der Waals surface area (Å²) in [4.78, 5) is 7.33. The molecule has 0 unspecified atom stereocenters. The molecule has 2 fully saturated rings. The van der Waals surface area contributed by atoms with Crippen LogP contribution in [-0.2, 0) is 12.1 Å². The summed E-state index contributed by atoms with van der Waals surface area (Å²) < 4.78 is 0. The number of piperidine rings is 1. The summed E-state index contributed by atoms with van der Waals surface area (Å²) in [5.41, 5.74) is 9.32. The van der Waals surface area contributed by atoms with Crippen LogP contribution in [0.15, 0.2) is 24.3 Å². The lowest BCUT2D eigenvalue weighted by molar-refractivity contribution is 0.148. The van der Waals surface area contributed by atoms with Crippen molar-refractivity contribution in [1.82, 2.24) is 14.7 Å². The van der Waals surface area contributed by atoms with Crippen LogP contribution < -0.4 is 5.73 Å². The Kier molecular flexibility index (Phi) is 4.83. The molecule has 0 spiro atoms. The average Bonchev–Trinajstić information content (AvgIpc) is 2.53. The highest BCUT2D eigenvalue weighted by Gasteiger charge is 2.31. The molecule has 0 saturated carbocycles. The van der Waals surface area contributed by atoms with Crippen molar-refractivity contribution in [1.29, 1.82) is 0 Å². The summed E-state index contributed by atoms with van der Waals surface area (Å²) in [6, 6.07) is 9.01. The van der Waals surface area contributed by atoms with Crippen LogP contribution in [0.25, 0.3) is 0 Å². The second-order valence-electron chi connectivity index (χ2n) is 7.24. The van der Waals surface area contributed by atoms with Gasteiger partial charge in [-0.05, 0) is 51.2 Å². The SMILES string of the molecule is CN1CCN(Cc2cccc(C3(N)CCN(C)CC3)c2)CC1. The fourth-order valence-electron chi connectivity index (χ4n) is 3.55. The van der Waals surface area contributed by atoms with Gasteiger partial charge >= 0.3 is 0 Å². The molecule has 2 saturated heterocycles. The first-order valence-corrected chi connectivity index (χ1v) is 8.53. The summed E-state index contributed by atoms with van der Waals surface area (Å²) in [5, 5.41) is 0. The van der Waals surface area contributed by atoms with E-state index in [1.54, 1.807) is 0 Å². The van der Waals surface area contributed by atoms with Gasteiger partial charge in [0.25, 0.3) is 0 Å². The lowest BCUT2D eigenvalue weighted by atomic mass is 9.81. The largest absolute Gasteiger partial charge is 0.321 e. The summed E-state index contributed by atoms with van der Waals surface area (Å²) in [5.74, 6) is 0. The molecule has 4 heteroatoms. The maximum absolute atomic E-state index is 6.72. The van der Waals surface area contributed by atoms with Crippen molar-refractivity contribution in [3.05, 3.63) is 35.4 Å². The third-order valence-corrected chi connectivity index (χ3v) is 5.38. The predicted molar refractivity (Wildman–Crippen MR) is 91.8 cm³/mol. The summed E-state index contributed by atoms with van der Waals surface area (Å²) >= 11 is 0. The third-order valence-electron chi connectivity index (χ3n) is 5.38. The van der Waals surface area contributed by atoms with Gasteiger partial charge < -0.3 is 15.5 Å². The van der Waals surface area contributed by atoms with Crippen molar-refractivity contribution < 1.29 is 0 Å². The molecule has 2 aliphatic rings. The van der Waals surface area contributed by atoms with Gasteiger partial charge in [-0.15, -0.1) is 0 Å². The van der Waals surface area contributed by atoms with Crippen LogP contribution in [0.5, 0.6) is 0 Å². The standard InChI is InChI=1S/C18H30N4/c1-20-8-6-18(19,7-9-20)17-5-3-4-16(14-17)15-22-12-10-21(2)11-13-22/h3-5,14H,6-13,15,19H2,1-2H3. The van der Waals surface area contributed by atoms with Crippen LogP contribution >= 0.6 is 0 Å². The van der Waals surface area contributed by atoms with E-state index in [0.717, 1.165) is 32.5 Å². The van der Waals surface area contributed by atoms with Crippen LogP contribution in [-0.4, -0.2) is 68.1 Å². The topological polar surface area (TPSA) is 35.7 Å². The third kappa shape index (κ3) is 3.69. The minimum Gasteiger partial charge on any atom is -0.321 e. The van der Waals surface area contributed by atoms with Gasteiger partial charge in [0, 0.05) is 38.3 Å². The first-order valence-electron chi connectivity index (χ1n) is 8.53. The van der Waals surface area contributed by atoms with Crippen molar-refractivity contribution in [2.24, 2.45) is 5.73 Å². The number of likely N-dealkylation sites (tertiary alicyclic amines) is 1. The second-order valence-corrected chi connectivity index (χ2v) is 7.24. The quantitative estimate of drug-likeness (QED) is 0.913. The van der Waals surface area contributed by atoms with E-state index in [9.17, 15) is 0 Å². The molecule has 0 amide bonds. The Morgan fingerprint density at radius 2 is 1.59 bits per heavy atom. The van der Waals surface area contributed by atoms with Gasteiger partial charge in [-0.25, -0.2) is 0 Å². The summed E-state index contributed by atoms with van der Waals surface area (Å²) in [6.07, 6.45) is 2.11. The lowest BCUT2D eigenvalue weighted by Crippen LogP contribution is -2.47. The molecule has 0 bridgehead atoms. The van der Waals surface area contributed by atoms with E-state index in [1.807, 2.05) is 0 Å². The fraction of sp³-hybridized carbons (Fsp3) is 0.667. The number of piperazine rings is 1. The first kappa shape index (κ1) is 15.9. The van der Waals surface area contributed by atoms with Crippen molar-refractivity contribution in [3.8, 4) is 0 Å². The van der Waals surface area contributed by atoms with Crippen molar-refractivity contribution in [2.75, 3.05) is 53.4 Å². The Morgan fingerprint density at radius 3 is 2.27 bits per heavy atom. The van der Waals surface area contributed by atoms with E-state index >= 15 is 0 Å². The number of benzene rings is 1. The molecule has 2 heterocycles. The van der Waals surface area contributed by atoms with Gasteiger partial charge in [-0.2, -0.15) is 0 Å². The van der Waals surface area contributed by atoms with Crippen molar-refractivity contribution >= 4 is 0 Å². The highest BCUT2D eigenvalue weighted by atomic mass is 15.2. The molecular formula is C18H30N4. The Morgan fingerprint density at radius 1 is 0.955 bits per heavy atom. The van der Waals surface area contributed by atoms with Crippen LogP contribution in [0.3, 0.4) is 0 Å². The Balaban J connectivity index is 1.67. The normalized spacial score (nSPS) is 24.5. The molecule has 4 nitrogen and oxygen atoms in total. The van der Waals surface area contributed by atoms with Gasteiger partial charge in [0.15, 0.2) is 0 Å². The minimum atomic E-state index is -0.134. The molecule has 0 aliphatic carbocycles. The number of hydrogen-bond donors (Lipinski definition) is 1. The zero-order chi connectivity index (χ0) is 15.6. The second kappa shape index (κ2) is 6.67. The number of nitrogens with two attached hydrogens (primary N) is 1. The highest BCUT2D eigenvalue weighted by Crippen LogP contribution is 2.30. The Hall–Kier alpha value is -0.940. The first-order chi connectivity index (χ1) is 10.5. The zero-order valence-electron chi connectivity index (χ0n) is 14.1. The number of rotatable bonds is 3. The molecule has 2 aliphatic heterocycles. The van der Waals surface area contributed by atoms with Crippen LogP contribution in [0.2, 0.25) is 0 Å². The predicted octanol–water partition coefficient (Wildman–Crippen LogP) is 1.31. The van der Waals surface area contributed by atoms with E-state index in [1.165, 1.54) is 37.3 Å². The molecule has 22 heavy (non-hydrogen) atoms. The molecule has 0 atom stereocenters. The fourth-order valence-corrected chi connectivity index (χ4v) is 3.55. The van der Waals surface area contributed by atoms with Gasteiger partial charge in [0.05, 0.1) is 0 Å². The van der Waals surface area contributed by atoms with E-state index in [2.05, 4.69) is 53.1 Å². The van der Waals surface area contributed by atoms with E-state index in [-0.39, 0.29) is 5.54 Å². The molecule has 0 aromatic heterocycles. The van der Waals surface area contributed by atoms with Crippen molar-refractivity contribution in [2.45, 2.75) is 24.9 Å². The van der Waals surface area contributed by atoms with Gasteiger partial charge in [-0.1, -0.05) is 24.3 Å². The van der Waals surface area contributed by atoms with Crippen LogP contribution in [0.1, 0.15) is 24.0 Å². The zero-order valence-corrected chi connectivity index (χ0v) is 14.1. The Bertz CT molecular complexity index is 486. The highest BCUT2D eigenvalue weighted by molar-refractivity contribution is 5.30. The van der Waals surface area contributed by atoms with Gasteiger partial charge in [0.2, 0.25) is 0 Å². The lowest BCUT2D eigenvalue weighted by Gasteiger charge is -2.38. The maximum Gasteiger partial charge on any atom is 0.0434 e. The monoisotopic (exact) mass is 302 g/mol. The molecule has 1 aromatic rings. The van der Waals surface area contributed by atoms with E-state index < -0.39 is 0 Å². The van der Waals surface area contributed by atoms with E-state index in [0.29, 0.717) is 0 Å². The van der Waals surface area contributed by atoms with Crippen molar-refractivity contribution in [3.63, 3.8) is 0 Å². The minimum absolute atomic E-state index is 0.134. The molecule has 3 rings (SSSR count). The molecule has 0 radical (unpaired) electrons. The smallest absolute Gasteiger partial charge is 0.0434 e. The summed E-state index contributed by atoms with van der Waals surface area (Å²) in [6.45, 7) is 7.92. The molecule has 1 aromatic carbocycles. The van der Waals surface area contributed by atoms with Gasteiger partial charge in [0.1, 0.15) is 0 Å². The molecule has 122 valence electrons. The molecule has 2 N–H and O–H groups in total.